The number of fused-ring (bicyclic) bond motifs is 1. The van der Waals surface area contributed by atoms with Crippen LogP contribution in [0.4, 0.5) is 5.69 Å². The third-order valence-corrected chi connectivity index (χ3v) is 5.59. The summed E-state index contributed by atoms with van der Waals surface area (Å²) in [5, 5.41) is 11.5. The molecule has 0 saturated carbocycles. The minimum Gasteiger partial charge on any atom is -0.494 e. The first-order valence-electron chi connectivity index (χ1n) is 11.7. The molecule has 0 aliphatic rings. The summed E-state index contributed by atoms with van der Waals surface area (Å²) in [4.78, 5) is 25.8. The average molecular weight is 453 g/mol. The standard InChI is InChI=1S/C26H32N2O5/c1-3-5-14-27(15-6-4-2)16-7-17-32-23-11-8-20(9-12-23)26(29)25-19-21-18-22(28(30)31)10-13-24(21)33-25/h8-13,18-19H,3-7,14-17H2,1-2H3. The molecule has 0 N–H and O–H groups in total. The SMILES string of the molecule is CCCCN(CCCC)CCCOc1ccc(C(=O)c2cc3cc([N+](=O)[O-])ccc3o2)cc1. The molecule has 0 amide bonds. The second-order valence-electron chi connectivity index (χ2n) is 8.19. The molecular weight excluding hydrogens is 420 g/mol. The van der Waals surface area contributed by atoms with Crippen LogP contribution in [0.25, 0.3) is 11.0 Å². The van der Waals surface area contributed by atoms with Crippen LogP contribution in [0.1, 0.15) is 62.1 Å². The number of furan rings is 1. The van der Waals surface area contributed by atoms with Gasteiger partial charge >= 0.3 is 0 Å². The highest BCUT2D eigenvalue weighted by atomic mass is 16.6. The zero-order chi connectivity index (χ0) is 23.6. The van der Waals surface area contributed by atoms with Gasteiger partial charge in [-0.3, -0.25) is 14.9 Å². The molecule has 0 aliphatic heterocycles. The van der Waals surface area contributed by atoms with Gasteiger partial charge in [0.25, 0.3) is 5.69 Å². The van der Waals surface area contributed by atoms with Crippen LogP contribution < -0.4 is 4.74 Å². The van der Waals surface area contributed by atoms with Gasteiger partial charge in [-0.25, -0.2) is 0 Å². The van der Waals surface area contributed by atoms with Crippen LogP contribution >= 0.6 is 0 Å². The van der Waals surface area contributed by atoms with Crippen LogP contribution in [0.2, 0.25) is 0 Å². The molecule has 0 fully saturated rings. The van der Waals surface area contributed by atoms with Gasteiger partial charge in [-0.05, 0) is 68.8 Å². The predicted octanol–water partition coefficient (Wildman–Crippen LogP) is 6.24. The summed E-state index contributed by atoms with van der Waals surface area (Å²) < 4.78 is 11.5. The first-order chi connectivity index (χ1) is 16.0. The molecule has 0 saturated heterocycles. The minimum atomic E-state index is -0.472. The first kappa shape index (κ1) is 24.5. The molecule has 2 aromatic carbocycles. The molecular formula is C26H32N2O5. The van der Waals surface area contributed by atoms with Gasteiger partial charge in [-0.1, -0.05) is 26.7 Å². The Labute approximate surface area is 194 Å². The number of carbonyl (C=O) groups is 1. The van der Waals surface area contributed by atoms with Crippen molar-refractivity contribution in [2.45, 2.75) is 46.0 Å². The summed E-state index contributed by atoms with van der Waals surface area (Å²) in [6, 6.07) is 12.8. The van der Waals surface area contributed by atoms with Gasteiger partial charge in [0.2, 0.25) is 5.78 Å². The van der Waals surface area contributed by atoms with Crippen molar-refractivity contribution in [2.24, 2.45) is 0 Å². The normalized spacial score (nSPS) is 11.2. The number of ketones is 1. The average Bonchev–Trinajstić information content (AvgIpc) is 3.26. The van der Waals surface area contributed by atoms with E-state index in [9.17, 15) is 14.9 Å². The van der Waals surface area contributed by atoms with Crippen molar-refractivity contribution in [3.8, 4) is 5.75 Å². The Morgan fingerprint density at radius 3 is 2.27 bits per heavy atom. The number of non-ortho nitro benzene ring substituents is 1. The van der Waals surface area contributed by atoms with E-state index in [4.69, 9.17) is 9.15 Å². The van der Waals surface area contributed by atoms with E-state index >= 15 is 0 Å². The van der Waals surface area contributed by atoms with Crippen molar-refractivity contribution in [1.82, 2.24) is 4.90 Å². The van der Waals surface area contributed by atoms with E-state index in [0.717, 1.165) is 31.8 Å². The fourth-order valence-corrected chi connectivity index (χ4v) is 3.68. The van der Waals surface area contributed by atoms with Gasteiger partial charge in [0.15, 0.2) is 5.76 Å². The molecule has 33 heavy (non-hydrogen) atoms. The molecule has 1 aromatic heterocycles. The molecule has 3 rings (SSSR count). The van der Waals surface area contributed by atoms with Crippen molar-refractivity contribution in [3.05, 3.63) is 70.0 Å². The maximum absolute atomic E-state index is 12.8. The predicted molar refractivity (Wildman–Crippen MR) is 129 cm³/mol. The molecule has 0 aliphatic carbocycles. The van der Waals surface area contributed by atoms with Gasteiger partial charge in [-0.2, -0.15) is 0 Å². The van der Waals surface area contributed by atoms with E-state index < -0.39 is 4.92 Å². The van der Waals surface area contributed by atoms with E-state index in [1.165, 1.54) is 49.9 Å². The van der Waals surface area contributed by atoms with Crippen LogP contribution in [0.15, 0.2) is 52.9 Å². The summed E-state index contributed by atoms with van der Waals surface area (Å²) >= 11 is 0. The molecule has 1 heterocycles. The Balaban J connectivity index is 1.53. The van der Waals surface area contributed by atoms with Crippen LogP contribution in [0, 0.1) is 10.1 Å². The van der Waals surface area contributed by atoms with Crippen LogP contribution in [0.3, 0.4) is 0 Å². The molecule has 0 atom stereocenters. The molecule has 0 radical (unpaired) electrons. The molecule has 3 aromatic rings. The summed E-state index contributed by atoms with van der Waals surface area (Å²) in [7, 11) is 0. The van der Waals surface area contributed by atoms with E-state index in [-0.39, 0.29) is 17.2 Å². The molecule has 0 spiro atoms. The van der Waals surface area contributed by atoms with Crippen molar-refractivity contribution in [2.75, 3.05) is 26.2 Å². The fourth-order valence-electron chi connectivity index (χ4n) is 3.68. The molecule has 7 nitrogen and oxygen atoms in total. The maximum Gasteiger partial charge on any atom is 0.270 e. The topological polar surface area (TPSA) is 85.8 Å². The van der Waals surface area contributed by atoms with Crippen LogP contribution in [-0.2, 0) is 0 Å². The lowest BCUT2D eigenvalue weighted by Crippen LogP contribution is -2.28. The zero-order valence-electron chi connectivity index (χ0n) is 19.4. The number of unbranched alkanes of at least 4 members (excludes halogenated alkanes) is 2. The summed E-state index contributed by atoms with van der Waals surface area (Å²) in [5.41, 5.74) is 0.875. The Morgan fingerprint density at radius 2 is 1.64 bits per heavy atom. The van der Waals surface area contributed by atoms with Gasteiger partial charge in [0.05, 0.1) is 11.5 Å². The maximum atomic E-state index is 12.8. The quantitative estimate of drug-likeness (QED) is 0.124. The number of nitrogens with zero attached hydrogens (tertiary/aromatic N) is 2. The van der Waals surface area contributed by atoms with Crippen molar-refractivity contribution in [3.63, 3.8) is 0 Å². The first-order valence-corrected chi connectivity index (χ1v) is 11.7. The van der Waals surface area contributed by atoms with E-state index in [0.29, 0.717) is 23.1 Å². The molecule has 176 valence electrons. The molecule has 7 heteroatoms. The Morgan fingerprint density at radius 1 is 0.970 bits per heavy atom. The van der Waals surface area contributed by atoms with Gasteiger partial charge in [0.1, 0.15) is 11.3 Å². The number of ether oxygens (including phenoxy) is 1. The zero-order valence-corrected chi connectivity index (χ0v) is 19.4. The number of nitro groups is 1. The highest BCUT2D eigenvalue weighted by molar-refractivity contribution is 6.09. The summed E-state index contributed by atoms with van der Waals surface area (Å²) in [6.07, 6.45) is 5.82. The third-order valence-electron chi connectivity index (χ3n) is 5.59. The number of hydrogen-bond acceptors (Lipinski definition) is 6. The van der Waals surface area contributed by atoms with Gasteiger partial charge < -0.3 is 14.1 Å². The van der Waals surface area contributed by atoms with E-state index in [2.05, 4.69) is 18.7 Å². The lowest BCUT2D eigenvalue weighted by molar-refractivity contribution is -0.384. The van der Waals surface area contributed by atoms with E-state index in [1.54, 1.807) is 24.3 Å². The second-order valence-corrected chi connectivity index (χ2v) is 8.19. The molecule has 0 bridgehead atoms. The highest BCUT2D eigenvalue weighted by Gasteiger charge is 2.17. The number of hydrogen-bond donors (Lipinski definition) is 0. The van der Waals surface area contributed by atoms with Gasteiger partial charge in [-0.15, -0.1) is 0 Å². The Bertz CT molecular complexity index is 1050. The minimum absolute atomic E-state index is 0.0392. The number of nitro benzene ring substituents is 1. The van der Waals surface area contributed by atoms with Crippen molar-refractivity contribution < 1.29 is 18.9 Å². The second kappa shape index (κ2) is 12.2. The summed E-state index contributed by atoms with van der Waals surface area (Å²) in [6.45, 7) is 8.38. The van der Waals surface area contributed by atoms with Crippen LogP contribution in [-0.4, -0.2) is 41.8 Å². The Hall–Kier alpha value is -3.19. The lowest BCUT2D eigenvalue weighted by atomic mass is 10.1. The fraction of sp³-hybridized carbons (Fsp3) is 0.423. The van der Waals surface area contributed by atoms with E-state index in [1.807, 2.05) is 0 Å². The number of benzene rings is 2. The lowest BCUT2D eigenvalue weighted by Gasteiger charge is -2.21. The number of carbonyl (C=O) groups excluding carboxylic acids is 1. The van der Waals surface area contributed by atoms with Crippen molar-refractivity contribution >= 4 is 22.4 Å². The molecule has 0 unspecified atom stereocenters. The summed E-state index contributed by atoms with van der Waals surface area (Å²) in [5.74, 6) is 0.599. The third kappa shape index (κ3) is 6.89. The monoisotopic (exact) mass is 452 g/mol. The largest absolute Gasteiger partial charge is 0.494 e. The highest BCUT2D eigenvalue weighted by Crippen LogP contribution is 2.26. The van der Waals surface area contributed by atoms with Gasteiger partial charge in [0, 0.05) is 29.6 Å². The van der Waals surface area contributed by atoms with Crippen LogP contribution in [0.5, 0.6) is 5.75 Å². The Kier molecular flexibility index (Phi) is 9.01. The van der Waals surface area contributed by atoms with Crippen molar-refractivity contribution in [1.29, 1.82) is 0 Å². The smallest absolute Gasteiger partial charge is 0.270 e. The number of rotatable bonds is 14.